The van der Waals surface area contributed by atoms with Gasteiger partial charge < -0.3 is 10.1 Å². The minimum absolute atomic E-state index is 0.130. The van der Waals surface area contributed by atoms with Gasteiger partial charge in [0.25, 0.3) is 5.91 Å². The molecule has 1 aliphatic carbocycles. The van der Waals surface area contributed by atoms with Crippen LogP contribution in [-0.2, 0) is 9.53 Å². The normalized spacial score (nSPS) is 15.9. The molecule has 0 saturated heterocycles. The van der Waals surface area contributed by atoms with Crippen LogP contribution in [-0.4, -0.2) is 24.0 Å². The van der Waals surface area contributed by atoms with E-state index in [1.165, 1.54) is 6.07 Å². The van der Waals surface area contributed by atoms with Gasteiger partial charge in [-0.3, -0.25) is 4.79 Å². The molecule has 0 spiro atoms. The van der Waals surface area contributed by atoms with Crippen LogP contribution in [0.15, 0.2) is 22.7 Å². The summed E-state index contributed by atoms with van der Waals surface area (Å²) in [5.74, 6) is -1.74. The molecule has 0 bridgehead atoms. The number of nitrogens with one attached hydrogen (secondary N) is 1. The number of benzene rings is 1. The fourth-order valence-corrected chi connectivity index (χ4v) is 2.92. The largest absolute Gasteiger partial charge is 0.452 e. The third-order valence-corrected chi connectivity index (χ3v) is 4.19. The molecule has 0 aromatic heterocycles. The summed E-state index contributed by atoms with van der Waals surface area (Å²) in [6.45, 7) is -0.480. The van der Waals surface area contributed by atoms with Crippen molar-refractivity contribution in [1.29, 1.82) is 5.26 Å². The first-order valence-electron chi connectivity index (χ1n) is 6.80. The molecule has 1 aromatic carbocycles. The number of rotatable bonds is 4. The molecule has 1 saturated carbocycles. The Balaban J connectivity index is 1.91. The van der Waals surface area contributed by atoms with Crippen LogP contribution in [0, 0.1) is 17.1 Å². The highest BCUT2D eigenvalue weighted by molar-refractivity contribution is 9.10. The van der Waals surface area contributed by atoms with Gasteiger partial charge in [-0.15, -0.1) is 0 Å². The molecule has 2 rings (SSSR count). The Hall–Kier alpha value is -1.94. The van der Waals surface area contributed by atoms with Gasteiger partial charge in [0.05, 0.1) is 11.6 Å². The number of esters is 1. The van der Waals surface area contributed by atoms with E-state index in [9.17, 15) is 14.0 Å². The monoisotopic (exact) mass is 368 g/mol. The molecule has 0 aliphatic heterocycles. The molecule has 1 fully saturated rings. The molecule has 1 aliphatic rings. The Morgan fingerprint density at radius 3 is 2.68 bits per heavy atom. The van der Waals surface area contributed by atoms with Crippen molar-refractivity contribution in [3.05, 3.63) is 34.1 Å². The number of hydrogen-bond acceptors (Lipinski definition) is 4. The van der Waals surface area contributed by atoms with Crippen LogP contribution in [0.5, 0.6) is 0 Å². The first kappa shape index (κ1) is 16.4. The van der Waals surface area contributed by atoms with Gasteiger partial charge >= 0.3 is 5.97 Å². The molecule has 0 heterocycles. The fraction of sp³-hybridized carbons (Fsp3) is 0.400. The predicted molar refractivity (Wildman–Crippen MR) is 79.3 cm³/mol. The van der Waals surface area contributed by atoms with E-state index in [0.717, 1.165) is 25.0 Å². The summed E-state index contributed by atoms with van der Waals surface area (Å²) in [7, 11) is 0. The third kappa shape index (κ3) is 3.83. The number of ether oxygens (including phenoxy) is 1. The van der Waals surface area contributed by atoms with Crippen LogP contribution in [0.2, 0.25) is 0 Å². The fourth-order valence-electron chi connectivity index (χ4n) is 2.41. The number of carbonyl (C=O) groups excluding carboxylic acids is 2. The van der Waals surface area contributed by atoms with Crippen LogP contribution < -0.4 is 5.32 Å². The van der Waals surface area contributed by atoms with Crippen molar-refractivity contribution in [2.75, 3.05) is 6.61 Å². The lowest BCUT2D eigenvalue weighted by Crippen LogP contribution is -2.46. The summed E-state index contributed by atoms with van der Waals surface area (Å²) in [5, 5.41) is 11.8. The maximum atomic E-state index is 13.0. The van der Waals surface area contributed by atoms with E-state index in [0.29, 0.717) is 12.8 Å². The van der Waals surface area contributed by atoms with E-state index in [1.54, 1.807) is 0 Å². The van der Waals surface area contributed by atoms with Gasteiger partial charge in [-0.25, -0.2) is 9.18 Å². The molecular weight excluding hydrogens is 355 g/mol. The summed E-state index contributed by atoms with van der Waals surface area (Å²) in [6, 6.07) is 5.66. The average Bonchev–Trinajstić information content (AvgIpc) is 2.94. The van der Waals surface area contributed by atoms with Crippen LogP contribution in [0.1, 0.15) is 36.0 Å². The minimum Gasteiger partial charge on any atom is -0.452 e. The highest BCUT2D eigenvalue weighted by Gasteiger charge is 2.35. The number of amides is 1. The summed E-state index contributed by atoms with van der Waals surface area (Å²) < 4.78 is 18.1. The Morgan fingerprint density at radius 2 is 2.09 bits per heavy atom. The zero-order valence-corrected chi connectivity index (χ0v) is 13.3. The van der Waals surface area contributed by atoms with Gasteiger partial charge in [0, 0.05) is 4.47 Å². The molecule has 0 unspecified atom stereocenters. The van der Waals surface area contributed by atoms with Crippen LogP contribution in [0.4, 0.5) is 4.39 Å². The maximum absolute atomic E-state index is 13.0. The molecule has 1 aromatic rings. The Kier molecular flexibility index (Phi) is 5.14. The molecule has 1 amide bonds. The van der Waals surface area contributed by atoms with E-state index in [2.05, 4.69) is 27.3 Å². The smallest absolute Gasteiger partial charge is 0.339 e. The topological polar surface area (TPSA) is 79.2 Å². The average molecular weight is 369 g/mol. The van der Waals surface area contributed by atoms with Gasteiger partial charge in [-0.05, 0) is 59.8 Å². The van der Waals surface area contributed by atoms with Gasteiger partial charge in [0.2, 0.25) is 0 Å². The Morgan fingerprint density at radius 1 is 1.41 bits per heavy atom. The molecule has 1 N–H and O–H groups in total. The van der Waals surface area contributed by atoms with Crippen molar-refractivity contribution in [3.8, 4) is 6.07 Å². The number of hydrogen-bond donors (Lipinski definition) is 1. The summed E-state index contributed by atoms with van der Waals surface area (Å²) in [4.78, 5) is 23.7. The van der Waals surface area contributed by atoms with Crippen molar-refractivity contribution in [3.63, 3.8) is 0 Å². The zero-order valence-electron chi connectivity index (χ0n) is 11.7. The number of halogens is 2. The lowest BCUT2D eigenvalue weighted by Gasteiger charge is -2.21. The van der Waals surface area contributed by atoms with E-state index < -0.39 is 29.8 Å². The lowest BCUT2D eigenvalue weighted by molar-refractivity contribution is -0.125. The number of carbonyl (C=O) groups is 2. The second-order valence-electron chi connectivity index (χ2n) is 5.15. The SMILES string of the molecule is N#CC1(NC(=O)COC(=O)c2ccc(F)cc2Br)CCCC1. The molecule has 0 radical (unpaired) electrons. The van der Waals surface area contributed by atoms with Crippen molar-refractivity contribution >= 4 is 27.8 Å². The first-order valence-corrected chi connectivity index (χ1v) is 7.59. The predicted octanol–water partition coefficient (Wildman–Crippen LogP) is 2.70. The standard InChI is InChI=1S/C15H14BrFN2O3/c16-12-7-10(17)3-4-11(12)14(21)22-8-13(20)19-15(9-18)5-1-2-6-15/h3-4,7H,1-2,5-6,8H2,(H,19,20). The summed E-state index contributed by atoms with van der Waals surface area (Å²) in [6.07, 6.45) is 2.98. The highest BCUT2D eigenvalue weighted by atomic mass is 79.9. The van der Waals surface area contributed by atoms with Gasteiger partial charge in [0.1, 0.15) is 11.4 Å². The van der Waals surface area contributed by atoms with Crippen LogP contribution in [0.3, 0.4) is 0 Å². The first-order chi connectivity index (χ1) is 10.5. The summed E-state index contributed by atoms with van der Waals surface area (Å²) >= 11 is 3.06. The quantitative estimate of drug-likeness (QED) is 0.828. The number of nitrogens with zero attached hydrogens (tertiary/aromatic N) is 1. The Labute approximate surface area is 135 Å². The van der Waals surface area contributed by atoms with E-state index in [1.807, 2.05) is 0 Å². The van der Waals surface area contributed by atoms with Crippen LogP contribution in [0.25, 0.3) is 0 Å². The third-order valence-electron chi connectivity index (χ3n) is 3.54. The maximum Gasteiger partial charge on any atom is 0.339 e. The zero-order chi connectivity index (χ0) is 16.2. The van der Waals surface area contributed by atoms with Crippen molar-refractivity contribution in [1.82, 2.24) is 5.32 Å². The van der Waals surface area contributed by atoms with Gasteiger partial charge in [0.15, 0.2) is 6.61 Å². The van der Waals surface area contributed by atoms with Gasteiger partial charge in [-0.2, -0.15) is 5.26 Å². The van der Waals surface area contributed by atoms with Crippen molar-refractivity contribution < 1.29 is 18.7 Å². The van der Waals surface area contributed by atoms with E-state index >= 15 is 0 Å². The molecule has 0 atom stereocenters. The second-order valence-corrected chi connectivity index (χ2v) is 6.00. The molecule has 22 heavy (non-hydrogen) atoms. The molecular formula is C15H14BrFN2O3. The molecule has 5 nitrogen and oxygen atoms in total. The Bertz CT molecular complexity index is 636. The lowest BCUT2D eigenvalue weighted by atomic mass is 10.00. The van der Waals surface area contributed by atoms with Crippen LogP contribution >= 0.6 is 15.9 Å². The number of nitriles is 1. The van der Waals surface area contributed by atoms with Crippen molar-refractivity contribution in [2.24, 2.45) is 0 Å². The molecule has 7 heteroatoms. The van der Waals surface area contributed by atoms with E-state index in [4.69, 9.17) is 10.00 Å². The van der Waals surface area contributed by atoms with Crippen molar-refractivity contribution in [2.45, 2.75) is 31.2 Å². The highest BCUT2D eigenvalue weighted by Crippen LogP contribution is 2.28. The summed E-state index contributed by atoms with van der Waals surface area (Å²) in [5.41, 5.74) is -0.718. The second kappa shape index (κ2) is 6.88. The van der Waals surface area contributed by atoms with E-state index in [-0.39, 0.29) is 10.0 Å². The van der Waals surface area contributed by atoms with Gasteiger partial charge in [-0.1, -0.05) is 0 Å². The minimum atomic E-state index is -0.847. The molecule has 116 valence electrons.